The Balaban J connectivity index is 1.64. The highest BCUT2D eigenvalue weighted by Gasteiger charge is 2.37. The van der Waals surface area contributed by atoms with Gasteiger partial charge in [0.25, 0.3) is 0 Å². The Morgan fingerprint density at radius 3 is 2.85 bits per heavy atom. The Kier molecular flexibility index (Phi) is 4.61. The third kappa shape index (κ3) is 3.07. The third-order valence-corrected chi connectivity index (χ3v) is 5.57. The Morgan fingerprint density at radius 2 is 2.12 bits per heavy atom. The number of methoxy groups -OCH3 is 1. The van der Waals surface area contributed by atoms with Gasteiger partial charge in [-0.2, -0.15) is 0 Å². The lowest BCUT2D eigenvalue weighted by Gasteiger charge is -2.32. The van der Waals surface area contributed by atoms with Crippen molar-refractivity contribution in [3.05, 3.63) is 35.7 Å². The van der Waals surface area contributed by atoms with Gasteiger partial charge in [0, 0.05) is 38.8 Å². The molecule has 1 fully saturated rings. The average Bonchev–Trinajstić information content (AvgIpc) is 3.30. The first kappa shape index (κ1) is 17.3. The summed E-state index contributed by atoms with van der Waals surface area (Å²) in [5.41, 5.74) is 1.36. The van der Waals surface area contributed by atoms with Crippen LogP contribution in [0.3, 0.4) is 0 Å². The summed E-state index contributed by atoms with van der Waals surface area (Å²) in [6, 6.07) is 8.24. The highest BCUT2D eigenvalue weighted by Crippen LogP contribution is 2.38. The van der Waals surface area contributed by atoms with E-state index >= 15 is 0 Å². The van der Waals surface area contributed by atoms with Gasteiger partial charge < -0.3 is 14.4 Å². The zero-order valence-corrected chi connectivity index (χ0v) is 15.9. The number of hydrogen-bond donors (Lipinski definition) is 0. The van der Waals surface area contributed by atoms with Crippen LogP contribution >= 0.6 is 0 Å². The second-order valence-electron chi connectivity index (χ2n) is 7.84. The van der Waals surface area contributed by atoms with Gasteiger partial charge in [-0.05, 0) is 44.7 Å². The van der Waals surface area contributed by atoms with Crippen molar-refractivity contribution in [2.24, 2.45) is 0 Å². The van der Waals surface area contributed by atoms with Crippen molar-refractivity contribution in [1.82, 2.24) is 14.8 Å². The summed E-state index contributed by atoms with van der Waals surface area (Å²) >= 11 is 0. The molecule has 26 heavy (non-hydrogen) atoms. The molecule has 6 nitrogen and oxygen atoms in total. The highest BCUT2D eigenvalue weighted by atomic mass is 16.5. The van der Waals surface area contributed by atoms with Crippen LogP contribution in [0.2, 0.25) is 0 Å². The van der Waals surface area contributed by atoms with Gasteiger partial charge >= 0.3 is 0 Å². The Morgan fingerprint density at radius 1 is 1.27 bits per heavy atom. The molecule has 0 bridgehead atoms. The molecule has 1 aromatic heterocycles. The number of ether oxygens (including phenoxy) is 2. The maximum Gasteiger partial charge on any atom is 0.227 e. The maximum absolute atomic E-state index is 6.19. The van der Waals surface area contributed by atoms with Crippen LogP contribution in [-0.4, -0.2) is 40.6 Å². The van der Waals surface area contributed by atoms with Gasteiger partial charge in [0.2, 0.25) is 5.95 Å². The molecular formula is C20H28N4O2. The first-order valence-corrected chi connectivity index (χ1v) is 9.54. The van der Waals surface area contributed by atoms with E-state index in [0.29, 0.717) is 0 Å². The second-order valence-corrected chi connectivity index (χ2v) is 7.84. The molecule has 0 spiro atoms. The average molecular weight is 356 g/mol. The Bertz CT molecular complexity index is 746. The molecule has 0 N–H and O–H groups in total. The first-order chi connectivity index (χ1) is 12.6. The van der Waals surface area contributed by atoms with Crippen LogP contribution in [0.5, 0.6) is 5.75 Å². The Labute approximate surface area is 155 Å². The topological polar surface area (TPSA) is 52.4 Å². The molecule has 1 aromatic carbocycles. The van der Waals surface area contributed by atoms with Crippen LogP contribution in [0.1, 0.15) is 50.6 Å². The lowest BCUT2D eigenvalue weighted by molar-refractivity contribution is 0.186. The minimum Gasteiger partial charge on any atom is -0.482 e. The summed E-state index contributed by atoms with van der Waals surface area (Å²) in [6.07, 6.45) is 4.09. The third-order valence-electron chi connectivity index (χ3n) is 5.57. The van der Waals surface area contributed by atoms with Crippen LogP contribution in [0.25, 0.3) is 0 Å². The van der Waals surface area contributed by atoms with Gasteiger partial charge in [0.05, 0.1) is 0 Å². The largest absolute Gasteiger partial charge is 0.482 e. The molecule has 6 heteroatoms. The smallest absolute Gasteiger partial charge is 0.227 e. The summed E-state index contributed by atoms with van der Waals surface area (Å²) in [5.74, 6) is 2.86. The summed E-state index contributed by atoms with van der Waals surface area (Å²) in [4.78, 5) is 2.40. The maximum atomic E-state index is 6.19. The summed E-state index contributed by atoms with van der Waals surface area (Å²) in [6.45, 7) is 7.17. The fraction of sp³-hybridized carbons (Fsp3) is 0.600. The molecule has 0 aliphatic carbocycles. The van der Waals surface area contributed by atoms with Gasteiger partial charge in [-0.3, -0.25) is 4.57 Å². The van der Waals surface area contributed by atoms with Crippen molar-refractivity contribution >= 4 is 5.95 Å². The molecule has 1 unspecified atom stereocenters. The van der Waals surface area contributed by atoms with Crippen molar-refractivity contribution in [2.45, 2.75) is 57.7 Å². The van der Waals surface area contributed by atoms with Crippen molar-refractivity contribution in [2.75, 3.05) is 25.2 Å². The van der Waals surface area contributed by atoms with E-state index in [4.69, 9.17) is 9.47 Å². The number of hydrogen-bond acceptors (Lipinski definition) is 5. The van der Waals surface area contributed by atoms with E-state index in [9.17, 15) is 0 Å². The molecular weight excluding hydrogens is 328 g/mol. The Hall–Kier alpha value is -2.08. The van der Waals surface area contributed by atoms with Crippen molar-refractivity contribution < 1.29 is 9.47 Å². The molecule has 0 saturated carbocycles. The van der Waals surface area contributed by atoms with Crippen molar-refractivity contribution in [3.63, 3.8) is 0 Å². The van der Waals surface area contributed by atoms with Crippen LogP contribution in [0, 0.1) is 0 Å². The number of benzene rings is 1. The summed E-state index contributed by atoms with van der Waals surface area (Å²) in [5, 5.41) is 9.17. The van der Waals surface area contributed by atoms with Gasteiger partial charge in [-0.1, -0.05) is 18.2 Å². The van der Waals surface area contributed by atoms with Crippen LogP contribution in [0.4, 0.5) is 5.95 Å². The lowest BCUT2D eigenvalue weighted by atomic mass is 10.0. The molecule has 140 valence electrons. The van der Waals surface area contributed by atoms with E-state index in [2.05, 4.69) is 45.6 Å². The number of rotatable bonds is 6. The molecule has 4 rings (SSSR count). The van der Waals surface area contributed by atoms with Gasteiger partial charge in [0.15, 0.2) is 11.9 Å². The zero-order chi connectivity index (χ0) is 18.1. The van der Waals surface area contributed by atoms with Crippen LogP contribution < -0.4 is 9.64 Å². The lowest BCUT2D eigenvalue weighted by Crippen LogP contribution is -2.40. The molecule has 2 aliphatic heterocycles. The number of nitrogens with zero attached hydrogens (tertiary/aromatic N) is 4. The van der Waals surface area contributed by atoms with E-state index < -0.39 is 0 Å². The standard InChI is InChI=1S/C20H28N4O2/c1-20(2)10-6-12-24(20)19-22-21-18(23(19)11-7-13-25-3)17-14-15-8-4-5-9-16(15)26-17/h4-5,8-9,17H,6-7,10-14H2,1-3H3. The summed E-state index contributed by atoms with van der Waals surface area (Å²) in [7, 11) is 1.74. The van der Waals surface area contributed by atoms with Gasteiger partial charge in [0.1, 0.15) is 5.75 Å². The van der Waals surface area contributed by atoms with E-state index in [1.54, 1.807) is 7.11 Å². The molecule has 1 saturated heterocycles. The fourth-order valence-corrected chi connectivity index (χ4v) is 4.13. The quantitative estimate of drug-likeness (QED) is 0.743. The number of anilines is 1. The molecule has 3 heterocycles. The first-order valence-electron chi connectivity index (χ1n) is 9.54. The summed E-state index contributed by atoms with van der Waals surface area (Å²) < 4.78 is 13.7. The van der Waals surface area contributed by atoms with Crippen LogP contribution in [0.15, 0.2) is 24.3 Å². The number of aromatic nitrogens is 3. The van der Waals surface area contributed by atoms with Crippen molar-refractivity contribution in [3.8, 4) is 5.75 Å². The van der Waals surface area contributed by atoms with E-state index in [0.717, 1.165) is 50.1 Å². The van der Waals surface area contributed by atoms with E-state index in [-0.39, 0.29) is 11.6 Å². The molecule has 1 atom stereocenters. The molecule has 2 aliphatic rings. The molecule has 0 radical (unpaired) electrons. The van der Waals surface area contributed by atoms with E-state index in [1.165, 1.54) is 18.4 Å². The monoisotopic (exact) mass is 356 g/mol. The minimum atomic E-state index is -0.0677. The fourth-order valence-electron chi connectivity index (χ4n) is 4.13. The van der Waals surface area contributed by atoms with Gasteiger partial charge in [-0.25, -0.2) is 0 Å². The van der Waals surface area contributed by atoms with Crippen molar-refractivity contribution in [1.29, 1.82) is 0 Å². The zero-order valence-electron chi connectivity index (χ0n) is 15.9. The SMILES string of the molecule is COCCCn1c(C2Cc3ccccc3O2)nnc1N1CCCC1(C)C. The predicted molar refractivity (Wildman–Crippen MR) is 101 cm³/mol. The highest BCUT2D eigenvalue weighted by molar-refractivity contribution is 5.41. The predicted octanol–water partition coefficient (Wildman–Crippen LogP) is 3.37. The molecule has 0 amide bonds. The molecule has 2 aromatic rings. The number of fused-ring (bicyclic) bond motifs is 1. The van der Waals surface area contributed by atoms with E-state index in [1.807, 2.05) is 12.1 Å². The van der Waals surface area contributed by atoms with Gasteiger partial charge in [-0.15, -0.1) is 10.2 Å². The normalized spacial score (nSPS) is 21.0. The second kappa shape index (κ2) is 6.91. The van der Waals surface area contributed by atoms with Crippen LogP contribution in [-0.2, 0) is 17.7 Å². The number of para-hydroxylation sites is 1. The minimum absolute atomic E-state index is 0.0677.